The van der Waals surface area contributed by atoms with Crippen LogP contribution < -0.4 is 5.56 Å². The number of halogens is 1. The molecule has 140 valence electrons. The Kier molecular flexibility index (Phi) is 4.24. The molecule has 4 aromatic rings. The van der Waals surface area contributed by atoms with E-state index in [2.05, 4.69) is 15.1 Å². The van der Waals surface area contributed by atoms with E-state index in [1.807, 2.05) is 26.0 Å². The third-order valence-electron chi connectivity index (χ3n) is 4.53. The summed E-state index contributed by atoms with van der Waals surface area (Å²) in [6.07, 6.45) is 1.55. The molecule has 0 spiro atoms. The largest absolute Gasteiger partial charge is 0.396 e. The summed E-state index contributed by atoms with van der Waals surface area (Å²) in [6.45, 7) is 5.52. The van der Waals surface area contributed by atoms with Crippen LogP contribution in [0.1, 0.15) is 38.6 Å². The van der Waals surface area contributed by atoms with Crippen molar-refractivity contribution in [2.45, 2.75) is 32.7 Å². The van der Waals surface area contributed by atoms with Gasteiger partial charge in [-0.25, -0.2) is 4.98 Å². The fraction of sp³-hybridized carbons (Fsp3) is 0.333. The number of aliphatic hydroxyl groups is 1. The highest BCUT2D eigenvalue weighted by Gasteiger charge is 2.23. The van der Waals surface area contributed by atoms with E-state index in [0.29, 0.717) is 27.6 Å². The molecule has 9 heteroatoms. The number of imidazole rings is 1. The van der Waals surface area contributed by atoms with Crippen molar-refractivity contribution < 1.29 is 9.63 Å². The lowest BCUT2D eigenvalue weighted by atomic mass is 10.2. The average molecular weight is 388 g/mol. The molecule has 0 aliphatic carbocycles. The zero-order chi connectivity index (χ0) is 19.3. The first-order chi connectivity index (χ1) is 12.9. The predicted molar refractivity (Wildman–Crippen MR) is 101 cm³/mol. The molecule has 3 aromatic heterocycles. The lowest BCUT2D eigenvalue weighted by molar-refractivity contribution is 0.265. The van der Waals surface area contributed by atoms with Gasteiger partial charge in [0.05, 0.1) is 22.7 Å². The molecule has 8 nitrogen and oxygen atoms in total. The van der Waals surface area contributed by atoms with Crippen molar-refractivity contribution in [2.75, 3.05) is 6.61 Å². The molecule has 1 atom stereocenters. The van der Waals surface area contributed by atoms with Gasteiger partial charge >= 0.3 is 0 Å². The van der Waals surface area contributed by atoms with E-state index in [1.165, 1.54) is 0 Å². The molecular weight excluding hydrogens is 370 g/mol. The van der Waals surface area contributed by atoms with Crippen LogP contribution in [0.2, 0.25) is 5.02 Å². The number of benzene rings is 1. The van der Waals surface area contributed by atoms with Gasteiger partial charge in [-0.1, -0.05) is 29.7 Å². The first-order valence-corrected chi connectivity index (χ1v) is 8.96. The van der Waals surface area contributed by atoms with E-state index >= 15 is 0 Å². The molecule has 3 heterocycles. The molecule has 0 amide bonds. The average Bonchev–Trinajstić information content (AvgIpc) is 3.29. The number of aliphatic hydroxyl groups excluding tert-OH is 1. The van der Waals surface area contributed by atoms with Crippen molar-refractivity contribution in [3.05, 3.63) is 45.7 Å². The Labute approximate surface area is 159 Å². The van der Waals surface area contributed by atoms with Gasteiger partial charge in [0.15, 0.2) is 11.5 Å². The minimum atomic E-state index is -0.275. The minimum absolute atomic E-state index is 0.105. The van der Waals surface area contributed by atoms with Crippen LogP contribution in [0.4, 0.5) is 0 Å². The highest BCUT2D eigenvalue weighted by Crippen LogP contribution is 2.28. The van der Waals surface area contributed by atoms with Gasteiger partial charge in [-0.3, -0.25) is 9.20 Å². The maximum Gasteiger partial charge on any atom is 0.278 e. The summed E-state index contributed by atoms with van der Waals surface area (Å²) in [5, 5.41) is 13.7. The van der Waals surface area contributed by atoms with E-state index in [9.17, 15) is 9.90 Å². The normalized spacial score (nSPS) is 13.1. The maximum absolute atomic E-state index is 13.3. The van der Waals surface area contributed by atoms with Crippen molar-refractivity contribution in [2.24, 2.45) is 0 Å². The molecule has 4 rings (SSSR count). The SMILES string of the molecule is CC(CO)c1noc(-c2ncn3c2c(=O)n(C(C)C)c2c(Cl)cccc23)n1. The molecule has 1 N–H and O–H groups in total. The Morgan fingerprint density at radius 1 is 1.26 bits per heavy atom. The highest BCUT2D eigenvalue weighted by atomic mass is 35.5. The Hall–Kier alpha value is -2.71. The van der Waals surface area contributed by atoms with E-state index in [1.54, 1.807) is 28.3 Å². The van der Waals surface area contributed by atoms with Crippen molar-refractivity contribution >= 4 is 28.2 Å². The number of hydrogen-bond donors (Lipinski definition) is 1. The molecule has 0 radical (unpaired) electrons. The Morgan fingerprint density at radius 3 is 2.74 bits per heavy atom. The highest BCUT2D eigenvalue weighted by molar-refractivity contribution is 6.35. The van der Waals surface area contributed by atoms with Gasteiger partial charge in [-0.15, -0.1) is 0 Å². The first kappa shape index (κ1) is 17.7. The minimum Gasteiger partial charge on any atom is -0.396 e. The van der Waals surface area contributed by atoms with Gasteiger partial charge in [0.1, 0.15) is 11.8 Å². The second-order valence-corrected chi connectivity index (χ2v) is 7.14. The summed E-state index contributed by atoms with van der Waals surface area (Å²) in [7, 11) is 0. The van der Waals surface area contributed by atoms with Crippen molar-refractivity contribution in [3.8, 4) is 11.6 Å². The Balaban J connectivity index is 2.07. The van der Waals surface area contributed by atoms with Gasteiger partial charge in [0.2, 0.25) is 0 Å². The quantitative estimate of drug-likeness (QED) is 0.578. The Bertz CT molecular complexity index is 1210. The summed E-state index contributed by atoms with van der Waals surface area (Å²) in [5.74, 6) is 0.228. The number of hydrogen-bond acceptors (Lipinski definition) is 6. The van der Waals surface area contributed by atoms with Crippen LogP contribution in [-0.2, 0) is 0 Å². The zero-order valence-electron chi connectivity index (χ0n) is 15.0. The molecule has 0 bridgehead atoms. The fourth-order valence-corrected chi connectivity index (χ4v) is 3.41. The molecule has 1 aromatic carbocycles. The van der Waals surface area contributed by atoms with E-state index in [-0.39, 0.29) is 30.0 Å². The summed E-state index contributed by atoms with van der Waals surface area (Å²) in [6, 6.07) is 5.35. The zero-order valence-corrected chi connectivity index (χ0v) is 15.8. The van der Waals surface area contributed by atoms with Crippen LogP contribution in [0.25, 0.3) is 28.1 Å². The van der Waals surface area contributed by atoms with E-state index in [0.717, 1.165) is 5.52 Å². The molecule has 27 heavy (non-hydrogen) atoms. The monoisotopic (exact) mass is 387 g/mol. The Morgan fingerprint density at radius 2 is 2.04 bits per heavy atom. The number of para-hydroxylation sites is 1. The van der Waals surface area contributed by atoms with Crippen LogP contribution in [0, 0.1) is 0 Å². The topological polar surface area (TPSA) is 98.5 Å². The fourth-order valence-electron chi connectivity index (χ4n) is 3.15. The number of nitrogens with zero attached hydrogens (tertiary/aromatic N) is 5. The lowest BCUT2D eigenvalue weighted by Crippen LogP contribution is -2.25. The van der Waals surface area contributed by atoms with Crippen molar-refractivity contribution in [1.82, 2.24) is 24.1 Å². The second kappa shape index (κ2) is 6.47. The standard InChI is InChI=1S/C18H18ClN5O3/c1-9(2)24-14-11(19)5-4-6-12(14)23-8-20-13(15(23)18(24)26)17-21-16(22-27-17)10(3)7-25/h4-6,8-10,25H,7H2,1-3H3. The number of fused-ring (bicyclic) bond motifs is 3. The first-order valence-electron chi connectivity index (χ1n) is 8.58. The van der Waals surface area contributed by atoms with Crippen LogP contribution in [0.5, 0.6) is 0 Å². The maximum atomic E-state index is 13.3. The molecule has 0 saturated carbocycles. The van der Waals surface area contributed by atoms with Gasteiger partial charge in [-0.2, -0.15) is 4.98 Å². The number of rotatable bonds is 4. The third-order valence-corrected chi connectivity index (χ3v) is 4.84. The second-order valence-electron chi connectivity index (χ2n) is 6.73. The van der Waals surface area contributed by atoms with Gasteiger partial charge in [0.25, 0.3) is 11.4 Å². The van der Waals surface area contributed by atoms with Crippen LogP contribution in [0.3, 0.4) is 0 Å². The van der Waals surface area contributed by atoms with Crippen molar-refractivity contribution in [1.29, 1.82) is 0 Å². The molecule has 0 fully saturated rings. The van der Waals surface area contributed by atoms with Crippen LogP contribution in [0.15, 0.2) is 33.8 Å². The summed E-state index contributed by atoms with van der Waals surface area (Å²) >= 11 is 6.40. The summed E-state index contributed by atoms with van der Waals surface area (Å²) in [5.41, 5.74) is 1.81. The van der Waals surface area contributed by atoms with E-state index in [4.69, 9.17) is 16.1 Å². The predicted octanol–water partition coefficient (Wildman–Crippen LogP) is 3.03. The molecule has 0 aliphatic heterocycles. The van der Waals surface area contributed by atoms with Gasteiger partial charge < -0.3 is 14.2 Å². The van der Waals surface area contributed by atoms with E-state index < -0.39 is 0 Å². The number of aromatic nitrogens is 5. The van der Waals surface area contributed by atoms with Crippen LogP contribution >= 0.6 is 11.6 Å². The smallest absolute Gasteiger partial charge is 0.278 e. The third kappa shape index (κ3) is 2.64. The van der Waals surface area contributed by atoms with Crippen LogP contribution in [-0.4, -0.2) is 35.8 Å². The summed E-state index contributed by atoms with van der Waals surface area (Å²) in [4.78, 5) is 22.0. The van der Waals surface area contributed by atoms with Crippen molar-refractivity contribution in [3.63, 3.8) is 0 Å². The molecular formula is C18H18ClN5O3. The molecule has 0 aliphatic rings. The lowest BCUT2D eigenvalue weighted by Gasteiger charge is -2.16. The van der Waals surface area contributed by atoms with Gasteiger partial charge in [0, 0.05) is 12.0 Å². The molecule has 0 saturated heterocycles. The summed E-state index contributed by atoms with van der Waals surface area (Å²) < 4.78 is 8.65. The molecule has 1 unspecified atom stereocenters. The van der Waals surface area contributed by atoms with Gasteiger partial charge in [-0.05, 0) is 26.0 Å².